The fourth-order valence-electron chi connectivity index (χ4n) is 3.26. The smallest absolute Gasteiger partial charge is 0.322 e. The molecule has 2 N–H and O–H groups in total. The van der Waals surface area contributed by atoms with Gasteiger partial charge in [-0.05, 0) is 42.8 Å². The molecule has 35 heavy (non-hydrogen) atoms. The zero-order valence-electron chi connectivity index (χ0n) is 18.3. The Morgan fingerprint density at radius 1 is 1.03 bits per heavy atom. The van der Waals surface area contributed by atoms with Crippen molar-refractivity contribution in [1.29, 1.82) is 0 Å². The largest absolute Gasteiger partial charge is 0.416 e. The number of fused-ring (bicyclic) bond motifs is 1. The number of thiophene rings is 1. The van der Waals surface area contributed by atoms with Crippen molar-refractivity contribution in [2.45, 2.75) is 18.1 Å². The molecule has 0 saturated heterocycles. The van der Waals surface area contributed by atoms with Crippen LogP contribution in [0.5, 0.6) is 0 Å². The van der Waals surface area contributed by atoms with Crippen LogP contribution >= 0.6 is 11.3 Å². The Morgan fingerprint density at radius 2 is 1.80 bits per heavy atom. The number of aryl methyl sites for hydroxylation is 1. The minimum Gasteiger partial charge on any atom is -0.322 e. The van der Waals surface area contributed by atoms with Crippen LogP contribution in [0.3, 0.4) is 0 Å². The molecule has 7 nitrogen and oxygen atoms in total. The summed E-state index contributed by atoms with van der Waals surface area (Å²) in [4.78, 5) is 33.8. The lowest BCUT2D eigenvalue weighted by atomic mass is 10.1. The van der Waals surface area contributed by atoms with Gasteiger partial charge >= 0.3 is 6.18 Å². The highest BCUT2D eigenvalue weighted by molar-refractivity contribution is 7.84. The number of anilines is 2. The first-order valence-electron chi connectivity index (χ1n) is 10.0. The van der Waals surface area contributed by atoms with E-state index < -0.39 is 34.4 Å². The maximum atomic E-state index is 13.0. The third kappa shape index (κ3) is 5.23. The van der Waals surface area contributed by atoms with Gasteiger partial charge < -0.3 is 10.6 Å². The average Bonchev–Trinajstić information content (AvgIpc) is 3.24. The summed E-state index contributed by atoms with van der Waals surface area (Å²) in [7, 11) is -1.36. The molecule has 0 saturated carbocycles. The van der Waals surface area contributed by atoms with Crippen molar-refractivity contribution in [3.05, 3.63) is 76.4 Å². The first kappa shape index (κ1) is 24.5. The van der Waals surface area contributed by atoms with E-state index in [1.807, 2.05) is 0 Å². The van der Waals surface area contributed by atoms with E-state index in [1.165, 1.54) is 48.2 Å². The van der Waals surface area contributed by atoms with Gasteiger partial charge in [-0.15, -0.1) is 11.3 Å². The maximum absolute atomic E-state index is 13.0. The molecule has 1 unspecified atom stereocenters. The van der Waals surface area contributed by atoms with E-state index in [0.29, 0.717) is 26.5 Å². The summed E-state index contributed by atoms with van der Waals surface area (Å²) in [5.74, 6) is -1.12. The van der Waals surface area contributed by atoms with Gasteiger partial charge in [0.05, 0.1) is 32.1 Å². The lowest BCUT2D eigenvalue weighted by molar-refractivity contribution is -0.137. The summed E-state index contributed by atoms with van der Waals surface area (Å²) in [5.41, 5.74) is 0.891. The molecule has 2 aromatic carbocycles. The standard InChI is InChI=1S/C23H17F3N4O3S2/c1-12-6-7-13(20(31)29-15-5-3-4-14(9-15)23(24,25)26)8-17(12)30-21(32)16-10-34-19-18(16)27-11-28-22(19)35(2)33/h3-11H,1-2H3,(H,29,31)(H,30,32). The second kappa shape index (κ2) is 9.55. The fourth-order valence-corrected chi connectivity index (χ4v) is 5.19. The van der Waals surface area contributed by atoms with Gasteiger partial charge in [0, 0.05) is 28.6 Å². The van der Waals surface area contributed by atoms with Crippen LogP contribution in [-0.2, 0) is 17.0 Å². The minimum atomic E-state index is -4.54. The number of rotatable bonds is 5. The van der Waals surface area contributed by atoms with E-state index in [2.05, 4.69) is 20.6 Å². The molecular formula is C23H17F3N4O3S2. The normalized spacial score (nSPS) is 12.4. The molecule has 0 aliphatic rings. The summed E-state index contributed by atoms with van der Waals surface area (Å²) in [6.45, 7) is 1.73. The number of alkyl halides is 3. The van der Waals surface area contributed by atoms with Crippen molar-refractivity contribution in [3.63, 3.8) is 0 Å². The van der Waals surface area contributed by atoms with Crippen LogP contribution in [0.15, 0.2) is 59.2 Å². The highest BCUT2D eigenvalue weighted by atomic mass is 32.2. The Morgan fingerprint density at radius 3 is 2.51 bits per heavy atom. The van der Waals surface area contributed by atoms with Crippen LogP contribution in [-0.4, -0.2) is 32.2 Å². The summed E-state index contributed by atoms with van der Waals surface area (Å²) < 4.78 is 51.3. The van der Waals surface area contributed by atoms with Crippen molar-refractivity contribution in [3.8, 4) is 0 Å². The predicted molar refractivity (Wildman–Crippen MR) is 128 cm³/mol. The van der Waals surface area contributed by atoms with Crippen LogP contribution in [0.25, 0.3) is 10.2 Å². The molecule has 0 fully saturated rings. The Balaban J connectivity index is 1.57. The topological polar surface area (TPSA) is 101 Å². The number of carbonyl (C=O) groups excluding carboxylic acids is 2. The SMILES string of the molecule is Cc1ccc(C(=O)Nc2cccc(C(F)(F)F)c2)cc1NC(=O)c1csc2c(S(C)=O)ncnc12. The number of hydrogen-bond donors (Lipinski definition) is 2. The number of carbonyl (C=O) groups is 2. The molecule has 0 radical (unpaired) electrons. The van der Waals surface area contributed by atoms with Gasteiger partial charge in [0.15, 0.2) is 0 Å². The number of nitrogens with one attached hydrogen (secondary N) is 2. The van der Waals surface area contributed by atoms with Crippen molar-refractivity contribution in [1.82, 2.24) is 9.97 Å². The Kier molecular flexibility index (Phi) is 6.68. The predicted octanol–water partition coefficient (Wildman–Crippen LogP) is 5.26. The number of aromatic nitrogens is 2. The molecule has 2 aromatic heterocycles. The van der Waals surface area contributed by atoms with Crippen LogP contribution < -0.4 is 10.6 Å². The van der Waals surface area contributed by atoms with E-state index >= 15 is 0 Å². The van der Waals surface area contributed by atoms with Gasteiger partial charge in [0.25, 0.3) is 11.8 Å². The van der Waals surface area contributed by atoms with Gasteiger partial charge in [-0.1, -0.05) is 12.1 Å². The molecule has 1 atom stereocenters. The van der Waals surface area contributed by atoms with Crippen molar-refractivity contribution >= 4 is 55.5 Å². The lowest BCUT2D eigenvalue weighted by Crippen LogP contribution is -2.16. The molecule has 0 aliphatic carbocycles. The zero-order chi connectivity index (χ0) is 25.3. The van der Waals surface area contributed by atoms with Crippen LogP contribution in [0.2, 0.25) is 0 Å². The summed E-state index contributed by atoms with van der Waals surface area (Å²) in [5, 5.41) is 7.11. The number of amides is 2. The Bertz CT molecular complexity index is 1480. The second-order valence-corrected chi connectivity index (χ2v) is 9.65. The first-order chi connectivity index (χ1) is 16.5. The lowest BCUT2D eigenvalue weighted by Gasteiger charge is -2.12. The fraction of sp³-hybridized carbons (Fsp3) is 0.130. The van der Waals surface area contributed by atoms with Crippen molar-refractivity contribution in [2.24, 2.45) is 0 Å². The van der Waals surface area contributed by atoms with E-state index in [1.54, 1.807) is 18.4 Å². The van der Waals surface area contributed by atoms with Gasteiger partial charge in [-0.3, -0.25) is 13.8 Å². The molecule has 0 spiro atoms. The summed E-state index contributed by atoms with van der Waals surface area (Å²) in [6.07, 6.45) is -1.81. The van der Waals surface area contributed by atoms with Gasteiger partial charge in [0.2, 0.25) is 0 Å². The summed E-state index contributed by atoms with van der Waals surface area (Å²) in [6, 6.07) is 8.86. The quantitative estimate of drug-likeness (QED) is 0.351. The number of benzene rings is 2. The maximum Gasteiger partial charge on any atom is 0.416 e. The molecule has 0 bridgehead atoms. The highest BCUT2D eigenvalue weighted by Crippen LogP contribution is 2.31. The second-order valence-electron chi connectivity index (χ2n) is 7.48. The molecule has 180 valence electrons. The number of nitrogens with zero attached hydrogens (tertiary/aromatic N) is 2. The van der Waals surface area contributed by atoms with Crippen LogP contribution in [0.1, 0.15) is 31.8 Å². The molecule has 12 heteroatoms. The van der Waals surface area contributed by atoms with Gasteiger partial charge in [-0.25, -0.2) is 9.97 Å². The van der Waals surface area contributed by atoms with E-state index in [0.717, 1.165) is 12.1 Å². The molecule has 4 rings (SSSR count). The first-order valence-corrected chi connectivity index (χ1v) is 12.4. The molecule has 4 aromatic rings. The van der Waals surface area contributed by atoms with Crippen molar-refractivity contribution < 1.29 is 27.0 Å². The highest BCUT2D eigenvalue weighted by Gasteiger charge is 2.30. The average molecular weight is 519 g/mol. The molecule has 0 aliphatic heterocycles. The molecule has 2 heterocycles. The zero-order valence-corrected chi connectivity index (χ0v) is 19.9. The third-order valence-corrected chi connectivity index (χ3v) is 6.99. The van der Waals surface area contributed by atoms with Crippen LogP contribution in [0, 0.1) is 6.92 Å². The monoisotopic (exact) mass is 518 g/mol. The third-order valence-electron chi connectivity index (χ3n) is 5.03. The summed E-state index contributed by atoms with van der Waals surface area (Å²) >= 11 is 1.20. The van der Waals surface area contributed by atoms with Gasteiger partial charge in [-0.2, -0.15) is 13.2 Å². The van der Waals surface area contributed by atoms with E-state index in [-0.39, 0.29) is 16.8 Å². The minimum absolute atomic E-state index is 0.00970. The Labute approximate surface area is 203 Å². The molecular weight excluding hydrogens is 501 g/mol. The molecule has 2 amide bonds. The van der Waals surface area contributed by atoms with Gasteiger partial charge in [0.1, 0.15) is 11.4 Å². The van der Waals surface area contributed by atoms with E-state index in [9.17, 15) is 27.0 Å². The van der Waals surface area contributed by atoms with E-state index in [4.69, 9.17) is 0 Å². The van der Waals surface area contributed by atoms with Crippen LogP contribution in [0.4, 0.5) is 24.5 Å². The van der Waals surface area contributed by atoms with Crippen molar-refractivity contribution in [2.75, 3.05) is 16.9 Å². The number of halogens is 3. The number of hydrogen-bond acceptors (Lipinski definition) is 6. The Hall–Kier alpha value is -3.64.